The molecule has 28 heavy (non-hydrogen) atoms. The average Bonchev–Trinajstić information content (AvgIpc) is 3.16. The molecule has 2 aliphatic rings. The van der Waals surface area contributed by atoms with E-state index in [0.717, 1.165) is 11.8 Å². The first-order chi connectivity index (χ1) is 13.4. The number of aromatic nitrogens is 3. The van der Waals surface area contributed by atoms with Crippen molar-refractivity contribution in [3.8, 4) is 5.82 Å². The summed E-state index contributed by atoms with van der Waals surface area (Å²) in [5.74, 6) is -0.0183. The number of amides is 2. The summed E-state index contributed by atoms with van der Waals surface area (Å²) in [4.78, 5) is 33.7. The lowest BCUT2D eigenvalue weighted by molar-refractivity contribution is -0.167. The van der Waals surface area contributed by atoms with Gasteiger partial charge in [-0.1, -0.05) is 6.07 Å². The predicted octanol–water partition coefficient (Wildman–Crippen LogP) is 0.890. The minimum atomic E-state index is -0.769. The highest BCUT2D eigenvalue weighted by atomic mass is 19.1. The number of carbonyl (C=O) groups excluding carboxylic acids is 2. The maximum atomic E-state index is 13.4. The highest BCUT2D eigenvalue weighted by Crippen LogP contribution is 2.35. The van der Waals surface area contributed by atoms with Crippen LogP contribution in [0.25, 0.3) is 5.82 Å². The third-order valence-electron chi connectivity index (χ3n) is 5.92. The van der Waals surface area contributed by atoms with Crippen LogP contribution in [0.2, 0.25) is 0 Å². The molecule has 0 unspecified atom stereocenters. The molecular formula is C19H23FN6O2. The van der Waals surface area contributed by atoms with E-state index in [9.17, 15) is 14.0 Å². The van der Waals surface area contributed by atoms with Crippen LogP contribution in [-0.2, 0) is 9.59 Å². The Morgan fingerprint density at radius 1 is 1.21 bits per heavy atom. The van der Waals surface area contributed by atoms with Gasteiger partial charge in [0.25, 0.3) is 0 Å². The standard InChI is InChI=1S/C19H23FN6O2/c1-13(14-3-4-16(22-9-14)26-11-15(20)10-23-26)25-12-17(27)24(2)19(18(25)28)5-7-21-8-6-19/h3-4,9-11,13,21H,5-8,12H2,1-2H3/t13-/m0/s1. The zero-order valence-corrected chi connectivity index (χ0v) is 15.9. The smallest absolute Gasteiger partial charge is 0.249 e. The largest absolute Gasteiger partial charge is 0.329 e. The van der Waals surface area contributed by atoms with E-state index >= 15 is 0 Å². The number of nitrogens with zero attached hydrogens (tertiary/aromatic N) is 5. The lowest BCUT2D eigenvalue weighted by Gasteiger charge is -2.51. The Morgan fingerprint density at radius 2 is 1.96 bits per heavy atom. The molecule has 2 fully saturated rings. The van der Waals surface area contributed by atoms with Crippen molar-refractivity contribution in [1.82, 2.24) is 29.9 Å². The second-order valence-electron chi connectivity index (χ2n) is 7.40. The van der Waals surface area contributed by atoms with Crippen molar-refractivity contribution in [2.45, 2.75) is 31.3 Å². The fourth-order valence-corrected chi connectivity index (χ4v) is 4.06. The Kier molecular flexibility index (Phi) is 4.62. The molecule has 2 saturated heterocycles. The minimum absolute atomic E-state index is 0.0122. The number of nitrogens with one attached hydrogen (secondary N) is 1. The number of rotatable bonds is 3. The Hall–Kier alpha value is -2.81. The Labute approximate surface area is 162 Å². The van der Waals surface area contributed by atoms with Gasteiger partial charge in [-0.15, -0.1) is 0 Å². The molecule has 2 aromatic rings. The van der Waals surface area contributed by atoms with Gasteiger partial charge in [0.2, 0.25) is 11.8 Å². The van der Waals surface area contributed by atoms with Gasteiger partial charge in [0.05, 0.1) is 18.4 Å². The van der Waals surface area contributed by atoms with Crippen LogP contribution in [-0.4, -0.2) is 68.6 Å². The minimum Gasteiger partial charge on any atom is -0.329 e. The molecule has 1 spiro atoms. The molecule has 9 heteroatoms. The monoisotopic (exact) mass is 386 g/mol. The van der Waals surface area contributed by atoms with Crippen molar-refractivity contribution in [2.24, 2.45) is 0 Å². The van der Waals surface area contributed by atoms with Crippen molar-refractivity contribution >= 4 is 11.8 Å². The molecule has 1 N–H and O–H groups in total. The molecule has 4 rings (SSSR count). The van der Waals surface area contributed by atoms with Crippen molar-refractivity contribution in [2.75, 3.05) is 26.7 Å². The zero-order chi connectivity index (χ0) is 19.9. The number of pyridine rings is 1. The summed E-state index contributed by atoms with van der Waals surface area (Å²) in [5.41, 5.74) is 0.0422. The highest BCUT2D eigenvalue weighted by Gasteiger charge is 2.52. The third kappa shape index (κ3) is 2.95. The van der Waals surface area contributed by atoms with E-state index in [1.165, 1.54) is 10.9 Å². The fourth-order valence-electron chi connectivity index (χ4n) is 4.06. The second-order valence-corrected chi connectivity index (χ2v) is 7.40. The summed E-state index contributed by atoms with van der Waals surface area (Å²) < 4.78 is 14.5. The topological polar surface area (TPSA) is 83.4 Å². The van der Waals surface area contributed by atoms with E-state index in [4.69, 9.17) is 0 Å². The van der Waals surface area contributed by atoms with Crippen molar-refractivity contribution in [1.29, 1.82) is 0 Å². The van der Waals surface area contributed by atoms with Gasteiger partial charge in [-0.05, 0) is 44.5 Å². The molecule has 0 aromatic carbocycles. The summed E-state index contributed by atoms with van der Waals surface area (Å²) in [6.45, 7) is 3.37. The summed E-state index contributed by atoms with van der Waals surface area (Å²) in [7, 11) is 1.73. The van der Waals surface area contributed by atoms with Crippen LogP contribution in [0.15, 0.2) is 30.7 Å². The maximum absolute atomic E-state index is 13.4. The van der Waals surface area contributed by atoms with Crippen LogP contribution in [0.5, 0.6) is 0 Å². The molecule has 2 aromatic heterocycles. The zero-order valence-electron chi connectivity index (χ0n) is 15.9. The Balaban J connectivity index is 1.59. The van der Waals surface area contributed by atoms with Gasteiger partial charge in [0.15, 0.2) is 11.6 Å². The van der Waals surface area contributed by atoms with E-state index in [-0.39, 0.29) is 24.4 Å². The SMILES string of the molecule is C[C@@H](c1ccc(-n2cc(F)cn2)nc1)N1CC(=O)N(C)C2(CCNCC2)C1=O. The first-order valence-corrected chi connectivity index (χ1v) is 9.37. The maximum Gasteiger partial charge on any atom is 0.249 e. The number of likely N-dealkylation sites (N-methyl/N-ethyl adjacent to an activating group) is 1. The van der Waals surface area contributed by atoms with Gasteiger partial charge in [0.1, 0.15) is 12.1 Å². The molecule has 2 aliphatic heterocycles. The van der Waals surface area contributed by atoms with Gasteiger partial charge in [-0.25, -0.2) is 14.1 Å². The third-order valence-corrected chi connectivity index (χ3v) is 5.92. The van der Waals surface area contributed by atoms with E-state index in [1.807, 2.05) is 13.0 Å². The normalized spacial score (nSPS) is 20.7. The summed E-state index contributed by atoms with van der Waals surface area (Å²) in [6, 6.07) is 3.26. The first-order valence-electron chi connectivity index (χ1n) is 9.37. The highest BCUT2D eigenvalue weighted by molar-refractivity contribution is 5.98. The molecule has 1 atom stereocenters. The molecule has 2 amide bonds. The average molecular weight is 386 g/mol. The Morgan fingerprint density at radius 3 is 2.57 bits per heavy atom. The summed E-state index contributed by atoms with van der Waals surface area (Å²) in [5, 5.41) is 7.15. The van der Waals surface area contributed by atoms with Gasteiger partial charge in [0, 0.05) is 13.2 Å². The molecule has 8 nitrogen and oxygen atoms in total. The molecule has 0 bridgehead atoms. The van der Waals surface area contributed by atoms with Gasteiger partial charge < -0.3 is 15.1 Å². The van der Waals surface area contributed by atoms with Crippen LogP contribution in [0.1, 0.15) is 31.4 Å². The van der Waals surface area contributed by atoms with Crippen molar-refractivity contribution < 1.29 is 14.0 Å². The number of halogens is 1. The lowest BCUT2D eigenvalue weighted by Crippen LogP contribution is -2.69. The van der Waals surface area contributed by atoms with E-state index in [0.29, 0.717) is 31.7 Å². The first kappa shape index (κ1) is 18.5. The van der Waals surface area contributed by atoms with E-state index in [1.54, 1.807) is 29.1 Å². The molecule has 0 saturated carbocycles. The molecule has 0 radical (unpaired) electrons. The van der Waals surface area contributed by atoms with Gasteiger partial charge >= 0.3 is 0 Å². The molecule has 4 heterocycles. The molecular weight excluding hydrogens is 363 g/mol. The van der Waals surface area contributed by atoms with Crippen LogP contribution >= 0.6 is 0 Å². The number of hydrogen-bond acceptors (Lipinski definition) is 5. The summed E-state index contributed by atoms with van der Waals surface area (Å²) >= 11 is 0. The van der Waals surface area contributed by atoms with Crippen LogP contribution in [0.3, 0.4) is 0 Å². The van der Waals surface area contributed by atoms with Crippen LogP contribution < -0.4 is 5.32 Å². The number of hydrogen-bond donors (Lipinski definition) is 1. The van der Waals surface area contributed by atoms with Crippen molar-refractivity contribution in [3.63, 3.8) is 0 Å². The van der Waals surface area contributed by atoms with Gasteiger partial charge in [-0.3, -0.25) is 9.59 Å². The fraction of sp³-hybridized carbons (Fsp3) is 0.474. The van der Waals surface area contributed by atoms with Gasteiger partial charge in [-0.2, -0.15) is 5.10 Å². The molecule has 148 valence electrons. The van der Waals surface area contributed by atoms with E-state index in [2.05, 4.69) is 15.4 Å². The van der Waals surface area contributed by atoms with Crippen molar-refractivity contribution in [3.05, 3.63) is 42.1 Å². The second kappa shape index (κ2) is 6.97. The summed E-state index contributed by atoms with van der Waals surface area (Å²) in [6.07, 6.45) is 5.23. The predicted molar refractivity (Wildman–Crippen MR) is 99.0 cm³/mol. The van der Waals surface area contributed by atoms with Crippen LogP contribution in [0, 0.1) is 5.82 Å². The lowest BCUT2D eigenvalue weighted by atomic mass is 9.82. The quantitative estimate of drug-likeness (QED) is 0.847. The number of piperazine rings is 1. The molecule has 0 aliphatic carbocycles. The number of piperidine rings is 1. The Bertz CT molecular complexity index is 890. The van der Waals surface area contributed by atoms with Crippen LogP contribution in [0.4, 0.5) is 4.39 Å². The number of carbonyl (C=O) groups is 2. The van der Waals surface area contributed by atoms with E-state index < -0.39 is 11.4 Å².